The number of thiophene rings is 1. The molecule has 0 aliphatic rings. The molecule has 1 amide bonds. The number of fused-ring (bicyclic) bond motifs is 1. The van der Waals surface area contributed by atoms with Crippen molar-refractivity contribution in [1.29, 1.82) is 0 Å². The number of rotatable bonds is 8. The fourth-order valence-corrected chi connectivity index (χ4v) is 5.13. The van der Waals surface area contributed by atoms with Crippen molar-refractivity contribution >= 4 is 39.2 Å². The first-order valence-electron chi connectivity index (χ1n) is 10.6. The van der Waals surface area contributed by atoms with Crippen LogP contribution in [0.4, 0.5) is 0 Å². The molecule has 4 rings (SSSR count). The maximum Gasteiger partial charge on any atom is 0.260 e. The van der Waals surface area contributed by atoms with Gasteiger partial charge in [0.1, 0.15) is 4.83 Å². The van der Waals surface area contributed by atoms with Gasteiger partial charge in [-0.3, -0.25) is 9.59 Å². The van der Waals surface area contributed by atoms with Crippen LogP contribution in [-0.2, 0) is 11.2 Å². The second-order valence-corrected chi connectivity index (χ2v) is 9.67. The Labute approximate surface area is 195 Å². The number of amides is 1. The van der Waals surface area contributed by atoms with Crippen molar-refractivity contribution in [2.75, 3.05) is 12.3 Å². The standard InChI is InChI=1S/C25H25N3O2S2/c1-16(2)18-8-10-19(11-9-18)20-14-31-24-22(20)23(30)27-25(28-24)32-15-21(29)26-13-12-17-6-4-3-5-7-17/h3-11,14,16H,12-13,15H2,1-2H3,(H,26,29)(H,27,28,30). The first-order chi connectivity index (χ1) is 15.5. The number of aromatic amines is 1. The van der Waals surface area contributed by atoms with Crippen LogP contribution in [0.25, 0.3) is 21.3 Å². The number of carbonyl (C=O) groups excluding carboxylic acids is 1. The molecule has 0 aliphatic heterocycles. The summed E-state index contributed by atoms with van der Waals surface area (Å²) in [6, 6.07) is 18.3. The summed E-state index contributed by atoms with van der Waals surface area (Å²) in [6.07, 6.45) is 0.786. The molecule has 0 radical (unpaired) electrons. The lowest BCUT2D eigenvalue weighted by molar-refractivity contribution is -0.118. The molecule has 0 fully saturated rings. The minimum Gasteiger partial charge on any atom is -0.355 e. The predicted molar refractivity (Wildman–Crippen MR) is 134 cm³/mol. The maximum atomic E-state index is 12.8. The van der Waals surface area contributed by atoms with Crippen LogP contribution in [0.5, 0.6) is 0 Å². The van der Waals surface area contributed by atoms with Crippen LogP contribution in [0.2, 0.25) is 0 Å². The molecule has 2 heterocycles. The minimum absolute atomic E-state index is 0.0780. The Morgan fingerprint density at radius 2 is 1.88 bits per heavy atom. The molecular formula is C25H25N3O2S2. The van der Waals surface area contributed by atoms with E-state index in [2.05, 4.69) is 53.4 Å². The van der Waals surface area contributed by atoms with Crippen LogP contribution in [0.15, 0.2) is 69.9 Å². The highest BCUT2D eigenvalue weighted by atomic mass is 32.2. The predicted octanol–water partition coefficient (Wildman–Crippen LogP) is 5.23. The van der Waals surface area contributed by atoms with E-state index in [4.69, 9.17) is 0 Å². The zero-order valence-corrected chi connectivity index (χ0v) is 19.7. The van der Waals surface area contributed by atoms with Gasteiger partial charge in [0.2, 0.25) is 5.91 Å². The Morgan fingerprint density at radius 3 is 2.59 bits per heavy atom. The highest BCUT2D eigenvalue weighted by Crippen LogP contribution is 2.32. The lowest BCUT2D eigenvalue weighted by Crippen LogP contribution is -2.27. The summed E-state index contributed by atoms with van der Waals surface area (Å²) in [6.45, 7) is 4.90. The van der Waals surface area contributed by atoms with Crippen LogP contribution in [0.3, 0.4) is 0 Å². The summed E-state index contributed by atoms with van der Waals surface area (Å²) in [5, 5.41) is 5.95. The lowest BCUT2D eigenvalue weighted by atomic mass is 9.99. The highest BCUT2D eigenvalue weighted by Gasteiger charge is 2.14. The number of hydrogen-bond acceptors (Lipinski definition) is 5. The minimum atomic E-state index is -0.175. The number of benzene rings is 2. The van der Waals surface area contributed by atoms with Gasteiger partial charge in [0, 0.05) is 17.5 Å². The number of nitrogens with one attached hydrogen (secondary N) is 2. The smallest absolute Gasteiger partial charge is 0.260 e. The van der Waals surface area contributed by atoms with Crippen molar-refractivity contribution in [2.24, 2.45) is 0 Å². The zero-order chi connectivity index (χ0) is 22.5. The Hall–Kier alpha value is -2.90. The van der Waals surface area contributed by atoms with E-state index in [9.17, 15) is 9.59 Å². The van der Waals surface area contributed by atoms with Crippen molar-refractivity contribution < 1.29 is 4.79 Å². The van der Waals surface area contributed by atoms with Crippen molar-refractivity contribution in [3.8, 4) is 11.1 Å². The monoisotopic (exact) mass is 463 g/mol. The fraction of sp³-hybridized carbons (Fsp3) is 0.240. The van der Waals surface area contributed by atoms with Gasteiger partial charge in [-0.05, 0) is 29.0 Å². The molecule has 0 bridgehead atoms. The van der Waals surface area contributed by atoms with E-state index in [-0.39, 0.29) is 17.2 Å². The Bertz CT molecular complexity index is 1260. The summed E-state index contributed by atoms with van der Waals surface area (Å²) < 4.78 is 0. The molecule has 32 heavy (non-hydrogen) atoms. The Kier molecular flexibility index (Phi) is 7.07. The van der Waals surface area contributed by atoms with E-state index in [1.807, 2.05) is 35.7 Å². The molecule has 0 unspecified atom stereocenters. The first kappa shape index (κ1) is 22.3. The number of carbonyl (C=O) groups is 1. The van der Waals surface area contributed by atoms with Crippen LogP contribution in [0, 0.1) is 0 Å². The molecule has 0 spiro atoms. The molecule has 2 N–H and O–H groups in total. The quantitative estimate of drug-likeness (QED) is 0.277. The van der Waals surface area contributed by atoms with Gasteiger partial charge in [-0.25, -0.2) is 4.98 Å². The SMILES string of the molecule is CC(C)c1ccc(-c2csc3nc(SCC(=O)NCCc4ccccc4)[nH]c(=O)c23)cc1. The number of nitrogens with zero attached hydrogens (tertiary/aromatic N) is 1. The van der Waals surface area contributed by atoms with E-state index in [1.165, 1.54) is 34.2 Å². The molecule has 2 aromatic carbocycles. The molecule has 0 atom stereocenters. The molecular weight excluding hydrogens is 438 g/mol. The van der Waals surface area contributed by atoms with Gasteiger partial charge in [-0.1, -0.05) is 80.2 Å². The second-order valence-electron chi connectivity index (χ2n) is 7.85. The molecule has 2 aromatic heterocycles. The van der Waals surface area contributed by atoms with Crippen molar-refractivity contribution in [3.63, 3.8) is 0 Å². The van der Waals surface area contributed by atoms with E-state index in [1.54, 1.807) is 0 Å². The van der Waals surface area contributed by atoms with Crippen molar-refractivity contribution in [2.45, 2.75) is 31.3 Å². The summed E-state index contributed by atoms with van der Waals surface area (Å²) in [7, 11) is 0. The molecule has 0 saturated carbocycles. The van der Waals surface area contributed by atoms with Crippen LogP contribution >= 0.6 is 23.1 Å². The molecule has 0 saturated heterocycles. The van der Waals surface area contributed by atoms with E-state index in [0.29, 0.717) is 27.8 Å². The normalized spacial score (nSPS) is 11.2. The van der Waals surface area contributed by atoms with Gasteiger partial charge < -0.3 is 10.3 Å². The number of aromatic nitrogens is 2. The van der Waals surface area contributed by atoms with Gasteiger partial charge >= 0.3 is 0 Å². The van der Waals surface area contributed by atoms with E-state index < -0.39 is 0 Å². The number of hydrogen-bond donors (Lipinski definition) is 2. The Morgan fingerprint density at radius 1 is 1.12 bits per heavy atom. The molecule has 7 heteroatoms. The van der Waals surface area contributed by atoms with E-state index >= 15 is 0 Å². The third-order valence-corrected chi connectivity index (χ3v) is 6.97. The van der Waals surface area contributed by atoms with Crippen LogP contribution in [0.1, 0.15) is 30.9 Å². The first-order valence-corrected chi connectivity index (χ1v) is 12.4. The zero-order valence-electron chi connectivity index (χ0n) is 18.1. The second kappa shape index (κ2) is 10.1. The summed E-state index contributed by atoms with van der Waals surface area (Å²) in [4.78, 5) is 33.1. The van der Waals surface area contributed by atoms with Crippen LogP contribution in [-0.4, -0.2) is 28.2 Å². The molecule has 0 aliphatic carbocycles. The van der Waals surface area contributed by atoms with E-state index in [0.717, 1.165) is 17.5 Å². The van der Waals surface area contributed by atoms with Crippen molar-refractivity contribution in [1.82, 2.24) is 15.3 Å². The summed E-state index contributed by atoms with van der Waals surface area (Å²) in [5.74, 6) is 0.590. The number of H-pyrrole nitrogens is 1. The van der Waals surface area contributed by atoms with Crippen LogP contribution < -0.4 is 10.9 Å². The Balaban J connectivity index is 1.40. The van der Waals surface area contributed by atoms with Gasteiger partial charge in [0.15, 0.2) is 5.16 Å². The highest BCUT2D eigenvalue weighted by molar-refractivity contribution is 7.99. The third kappa shape index (κ3) is 5.29. The van der Waals surface area contributed by atoms with Gasteiger partial charge in [0.25, 0.3) is 5.56 Å². The lowest BCUT2D eigenvalue weighted by Gasteiger charge is -2.07. The third-order valence-electron chi connectivity index (χ3n) is 5.23. The average Bonchev–Trinajstić information content (AvgIpc) is 3.23. The topological polar surface area (TPSA) is 74.8 Å². The van der Waals surface area contributed by atoms with Gasteiger partial charge in [0.05, 0.1) is 11.1 Å². The number of thioether (sulfide) groups is 1. The molecule has 164 valence electrons. The average molecular weight is 464 g/mol. The van der Waals surface area contributed by atoms with Gasteiger partial charge in [-0.15, -0.1) is 11.3 Å². The van der Waals surface area contributed by atoms with Crippen molar-refractivity contribution in [3.05, 3.63) is 81.5 Å². The summed E-state index contributed by atoms with van der Waals surface area (Å²) >= 11 is 2.69. The molecule has 5 nitrogen and oxygen atoms in total. The fourth-order valence-electron chi connectivity index (χ4n) is 3.43. The maximum absolute atomic E-state index is 12.8. The van der Waals surface area contributed by atoms with Gasteiger partial charge in [-0.2, -0.15) is 0 Å². The molecule has 4 aromatic rings. The summed E-state index contributed by atoms with van der Waals surface area (Å²) in [5.41, 5.74) is 4.17. The largest absolute Gasteiger partial charge is 0.355 e.